The van der Waals surface area contributed by atoms with Crippen LogP contribution in [0, 0.1) is 16.7 Å². The minimum atomic E-state index is -1.03. The van der Waals surface area contributed by atoms with Gasteiger partial charge in [0.25, 0.3) is 0 Å². The maximum atomic E-state index is 11.9. The van der Waals surface area contributed by atoms with E-state index in [4.69, 9.17) is 14.7 Å². The third-order valence-electron chi connectivity index (χ3n) is 4.12. The van der Waals surface area contributed by atoms with Gasteiger partial charge in [-0.25, -0.2) is 0 Å². The highest BCUT2D eigenvalue weighted by atomic mass is 16.5. The van der Waals surface area contributed by atoms with Crippen LogP contribution in [0.25, 0.3) is 0 Å². The average molecular weight is 316 g/mol. The van der Waals surface area contributed by atoms with Gasteiger partial charge < -0.3 is 14.8 Å². The van der Waals surface area contributed by atoms with Gasteiger partial charge in [-0.15, -0.1) is 0 Å². The van der Waals surface area contributed by atoms with Gasteiger partial charge in [-0.05, 0) is 57.2 Å². The summed E-state index contributed by atoms with van der Waals surface area (Å²) >= 11 is 0. The molecule has 0 heterocycles. The molecule has 1 aliphatic carbocycles. The number of nitriles is 1. The number of ether oxygens (including phenoxy) is 2. The van der Waals surface area contributed by atoms with Crippen LogP contribution in [0.4, 0.5) is 0 Å². The third kappa shape index (κ3) is 4.38. The van der Waals surface area contributed by atoms with Crippen LogP contribution in [0.2, 0.25) is 0 Å². The van der Waals surface area contributed by atoms with Gasteiger partial charge in [0.05, 0.1) is 19.3 Å². The normalized spacial score (nSPS) is 15.0. The number of carbonyl (C=O) groups is 1. The number of carbonyl (C=O) groups excluding carboxylic acids is 1. The summed E-state index contributed by atoms with van der Waals surface area (Å²) in [4.78, 5) is 11.9. The fourth-order valence-corrected chi connectivity index (χ4v) is 2.56. The van der Waals surface area contributed by atoms with Crippen LogP contribution in [0.1, 0.15) is 45.1 Å². The summed E-state index contributed by atoms with van der Waals surface area (Å²) in [5.41, 5.74) is -0.127. The topological polar surface area (TPSA) is 71.3 Å². The van der Waals surface area contributed by atoms with Crippen molar-refractivity contribution in [1.82, 2.24) is 5.32 Å². The highest BCUT2D eigenvalue weighted by Crippen LogP contribution is 2.32. The van der Waals surface area contributed by atoms with Crippen molar-refractivity contribution in [2.45, 2.75) is 52.2 Å². The quantitative estimate of drug-likeness (QED) is 0.875. The first-order valence-corrected chi connectivity index (χ1v) is 7.99. The van der Waals surface area contributed by atoms with E-state index in [9.17, 15) is 4.79 Å². The fraction of sp³-hybridized carbons (Fsp3) is 0.556. The van der Waals surface area contributed by atoms with Crippen molar-refractivity contribution < 1.29 is 14.3 Å². The zero-order valence-electron chi connectivity index (χ0n) is 14.0. The smallest absolute Gasteiger partial charge is 0.240 e. The minimum Gasteiger partial charge on any atom is -0.493 e. The Kier molecular flexibility index (Phi) is 5.49. The van der Waals surface area contributed by atoms with E-state index in [2.05, 4.69) is 5.32 Å². The predicted molar refractivity (Wildman–Crippen MR) is 87.1 cm³/mol. The molecule has 124 valence electrons. The third-order valence-corrected chi connectivity index (χ3v) is 4.12. The van der Waals surface area contributed by atoms with Crippen LogP contribution in [0.15, 0.2) is 18.2 Å². The molecule has 5 nitrogen and oxygen atoms in total. The van der Waals surface area contributed by atoms with Gasteiger partial charge >= 0.3 is 0 Å². The highest BCUT2D eigenvalue weighted by molar-refractivity contribution is 5.84. The summed E-state index contributed by atoms with van der Waals surface area (Å²) in [6.45, 7) is 3.55. The van der Waals surface area contributed by atoms with E-state index >= 15 is 0 Å². The van der Waals surface area contributed by atoms with Gasteiger partial charge in [-0.2, -0.15) is 5.26 Å². The van der Waals surface area contributed by atoms with Crippen molar-refractivity contribution in [1.29, 1.82) is 5.26 Å². The van der Waals surface area contributed by atoms with Crippen molar-refractivity contribution in [3.05, 3.63) is 23.8 Å². The van der Waals surface area contributed by atoms with E-state index < -0.39 is 5.41 Å². The molecule has 1 aromatic rings. The Balaban J connectivity index is 2.01. The number of benzene rings is 1. The second kappa shape index (κ2) is 7.36. The van der Waals surface area contributed by atoms with E-state index in [1.54, 1.807) is 21.0 Å². The van der Waals surface area contributed by atoms with Crippen LogP contribution >= 0.6 is 0 Å². The molecule has 5 heteroatoms. The lowest BCUT2D eigenvalue weighted by Gasteiger charge is -2.18. The summed E-state index contributed by atoms with van der Waals surface area (Å²) < 4.78 is 11.4. The number of nitrogens with one attached hydrogen (secondary N) is 1. The lowest BCUT2D eigenvalue weighted by Crippen LogP contribution is -2.35. The summed E-state index contributed by atoms with van der Waals surface area (Å²) in [5.74, 6) is 1.13. The molecule has 1 aliphatic rings. The Bertz CT molecular complexity index is 599. The standard InChI is InChI=1S/C18H24N2O3/c1-18(2,12-19)17(21)20-11-13-8-9-15(16(10-13)22-3)23-14-6-4-5-7-14/h8-10,14H,4-7,11H2,1-3H3,(H,20,21). The molecule has 1 N–H and O–H groups in total. The van der Waals surface area contributed by atoms with Crippen LogP contribution in [0.5, 0.6) is 11.5 Å². The lowest BCUT2D eigenvalue weighted by molar-refractivity contribution is -0.126. The molecular formula is C18H24N2O3. The number of amides is 1. The van der Waals surface area contributed by atoms with Crippen LogP contribution < -0.4 is 14.8 Å². The molecular weight excluding hydrogens is 292 g/mol. The molecule has 0 unspecified atom stereocenters. The van der Waals surface area contributed by atoms with Gasteiger partial charge in [0.2, 0.25) is 5.91 Å². The van der Waals surface area contributed by atoms with Crippen LogP contribution in [0.3, 0.4) is 0 Å². The fourth-order valence-electron chi connectivity index (χ4n) is 2.56. The molecule has 0 saturated heterocycles. The molecule has 1 amide bonds. The molecule has 1 saturated carbocycles. The molecule has 0 atom stereocenters. The van der Waals surface area contributed by atoms with E-state index in [0.717, 1.165) is 24.2 Å². The molecule has 0 radical (unpaired) electrons. The summed E-state index contributed by atoms with van der Waals surface area (Å²) in [5, 5.41) is 11.7. The maximum Gasteiger partial charge on any atom is 0.240 e. The first-order chi connectivity index (χ1) is 11.0. The Labute approximate surface area is 137 Å². The summed E-state index contributed by atoms with van der Waals surface area (Å²) in [6.07, 6.45) is 4.87. The van der Waals surface area contributed by atoms with E-state index in [1.807, 2.05) is 24.3 Å². The summed E-state index contributed by atoms with van der Waals surface area (Å²) in [6, 6.07) is 7.65. The molecule has 1 fully saturated rings. The zero-order chi connectivity index (χ0) is 16.9. The van der Waals surface area contributed by atoms with Crippen molar-refractivity contribution >= 4 is 5.91 Å². The van der Waals surface area contributed by atoms with Gasteiger partial charge in [-0.3, -0.25) is 4.79 Å². The molecule has 0 aromatic heterocycles. The maximum absolute atomic E-state index is 11.9. The summed E-state index contributed by atoms with van der Waals surface area (Å²) in [7, 11) is 1.61. The number of rotatable bonds is 6. The number of methoxy groups -OCH3 is 1. The Morgan fingerprint density at radius 2 is 2.04 bits per heavy atom. The van der Waals surface area contributed by atoms with Crippen molar-refractivity contribution in [2.24, 2.45) is 5.41 Å². The SMILES string of the molecule is COc1cc(CNC(=O)C(C)(C)C#N)ccc1OC1CCCC1. The molecule has 23 heavy (non-hydrogen) atoms. The first kappa shape index (κ1) is 17.1. The minimum absolute atomic E-state index is 0.269. The second-order valence-electron chi connectivity index (χ2n) is 6.43. The molecule has 2 rings (SSSR count). The average Bonchev–Trinajstić information content (AvgIpc) is 3.06. The monoisotopic (exact) mass is 316 g/mol. The van der Waals surface area contributed by atoms with Crippen molar-refractivity contribution in [2.75, 3.05) is 7.11 Å². The predicted octanol–water partition coefficient (Wildman–Crippen LogP) is 3.18. The van der Waals surface area contributed by atoms with Crippen LogP contribution in [-0.4, -0.2) is 19.1 Å². The lowest BCUT2D eigenvalue weighted by atomic mass is 9.95. The molecule has 1 aromatic carbocycles. The van der Waals surface area contributed by atoms with E-state index in [1.165, 1.54) is 12.8 Å². The van der Waals surface area contributed by atoms with E-state index in [0.29, 0.717) is 12.3 Å². The van der Waals surface area contributed by atoms with Crippen molar-refractivity contribution in [3.8, 4) is 17.6 Å². The molecule has 0 bridgehead atoms. The Morgan fingerprint density at radius 3 is 2.65 bits per heavy atom. The Hall–Kier alpha value is -2.22. The number of nitrogens with zero attached hydrogens (tertiary/aromatic N) is 1. The molecule has 0 aliphatic heterocycles. The van der Waals surface area contributed by atoms with Gasteiger partial charge in [0.1, 0.15) is 5.41 Å². The van der Waals surface area contributed by atoms with Gasteiger partial charge in [0, 0.05) is 6.54 Å². The second-order valence-corrected chi connectivity index (χ2v) is 6.43. The number of hydrogen-bond donors (Lipinski definition) is 1. The number of hydrogen-bond acceptors (Lipinski definition) is 4. The van der Waals surface area contributed by atoms with Crippen LogP contribution in [-0.2, 0) is 11.3 Å². The van der Waals surface area contributed by atoms with Gasteiger partial charge in [0.15, 0.2) is 11.5 Å². The highest BCUT2D eigenvalue weighted by Gasteiger charge is 2.26. The van der Waals surface area contributed by atoms with E-state index in [-0.39, 0.29) is 12.0 Å². The van der Waals surface area contributed by atoms with Gasteiger partial charge in [-0.1, -0.05) is 6.07 Å². The van der Waals surface area contributed by atoms with Crippen molar-refractivity contribution in [3.63, 3.8) is 0 Å². The first-order valence-electron chi connectivity index (χ1n) is 7.99. The largest absolute Gasteiger partial charge is 0.493 e. The molecule has 0 spiro atoms. The Morgan fingerprint density at radius 1 is 1.35 bits per heavy atom. The zero-order valence-corrected chi connectivity index (χ0v) is 14.0.